The molecule has 268 valence electrons. The number of para-hydroxylation sites is 5. The summed E-state index contributed by atoms with van der Waals surface area (Å²) in [7, 11) is 0. The summed E-state index contributed by atoms with van der Waals surface area (Å²) in [4.78, 5) is 2.42. The summed E-state index contributed by atoms with van der Waals surface area (Å²) in [5.74, 6) is 0. The van der Waals surface area contributed by atoms with Crippen molar-refractivity contribution in [2.75, 3.05) is 4.90 Å². The van der Waals surface area contributed by atoms with Crippen LogP contribution in [0, 0.1) is 0 Å². The molecule has 0 N–H and O–H groups in total. The van der Waals surface area contributed by atoms with Gasteiger partial charge >= 0.3 is 0 Å². The number of benzene rings is 9. The zero-order valence-electron chi connectivity index (χ0n) is 31.1. The topological polar surface area (TPSA) is 21.3 Å². The molecule has 0 aliphatic heterocycles. The molecule has 11 aromatic rings. The number of aromatic nitrogens is 1. The number of furan rings is 1. The van der Waals surface area contributed by atoms with Crippen molar-refractivity contribution in [2.45, 2.75) is 0 Å². The Kier molecular flexibility index (Phi) is 7.82. The number of nitrogens with zero attached hydrogens (tertiary/aromatic N) is 2. The maximum atomic E-state index is 6.79. The lowest BCUT2D eigenvalue weighted by Crippen LogP contribution is -2.12. The van der Waals surface area contributed by atoms with E-state index in [4.69, 9.17) is 4.42 Å². The summed E-state index contributed by atoms with van der Waals surface area (Å²) in [5, 5.41) is 4.53. The van der Waals surface area contributed by atoms with Crippen LogP contribution in [0.5, 0.6) is 0 Å². The summed E-state index contributed by atoms with van der Waals surface area (Å²) in [6, 6.07) is 78.0. The van der Waals surface area contributed by atoms with Crippen molar-refractivity contribution in [2.24, 2.45) is 0 Å². The van der Waals surface area contributed by atoms with Crippen LogP contribution in [-0.4, -0.2) is 4.57 Å². The molecule has 0 unspecified atom stereocenters. The Bertz CT molecular complexity index is 3250. The van der Waals surface area contributed by atoms with Crippen LogP contribution in [0.1, 0.15) is 0 Å². The van der Waals surface area contributed by atoms with E-state index in [1.54, 1.807) is 0 Å². The van der Waals surface area contributed by atoms with E-state index in [1.165, 1.54) is 27.6 Å². The van der Waals surface area contributed by atoms with Crippen LogP contribution in [0.2, 0.25) is 0 Å². The molecular weight excluding hydrogens is 693 g/mol. The van der Waals surface area contributed by atoms with Crippen LogP contribution in [0.15, 0.2) is 223 Å². The Balaban J connectivity index is 1.22. The fourth-order valence-electron chi connectivity index (χ4n) is 8.76. The van der Waals surface area contributed by atoms with Gasteiger partial charge in [-0.15, -0.1) is 0 Å². The number of hydrogen-bond donors (Lipinski definition) is 0. The molecule has 0 amide bonds. The van der Waals surface area contributed by atoms with Gasteiger partial charge in [0.15, 0.2) is 5.58 Å². The molecule has 0 spiro atoms. The van der Waals surface area contributed by atoms with E-state index >= 15 is 0 Å². The highest BCUT2D eigenvalue weighted by Crippen LogP contribution is 2.49. The summed E-state index contributed by atoms with van der Waals surface area (Å²) < 4.78 is 9.25. The van der Waals surface area contributed by atoms with Crippen molar-refractivity contribution < 1.29 is 4.42 Å². The third-order valence-corrected chi connectivity index (χ3v) is 11.2. The fourth-order valence-corrected chi connectivity index (χ4v) is 8.76. The standard InChI is InChI=1S/C54H36N2O/c1-3-19-37(20-4-1)39-23-7-8-25-41(39)42-26-10-14-31-47(42)55-48-32-15-11-28-45(48)53-49(55)33-18-34-50(53)56(46-30-13-9-24-40(46)38-21-5-2-6-22-38)51-35-17-29-44-43-27-12-16-36-52(43)57-54(44)51/h1-36H. The predicted octanol–water partition coefficient (Wildman–Crippen LogP) is 15.2. The second kappa shape index (κ2) is 13.6. The van der Waals surface area contributed by atoms with E-state index < -0.39 is 0 Å². The maximum absolute atomic E-state index is 6.79. The van der Waals surface area contributed by atoms with E-state index in [1.807, 2.05) is 6.07 Å². The second-order valence-electron chi connectivity index (χ2n) is 14.4. The van der Waals surface area contributed by atoms with Crippen LogP contribution in [0.4, 0.5) is 17.1 Å². The lowest BCUT2D eigenvalue weighted by atomic mass is 9.93. The predicted molar refractivity (Wildman–Crippen MR) is 239 cm³/mol. The van der Waals surface area contributed by atoms with Gasteiger partial charge in [-0.25, -0.2) is 0 Å². The number of hydrogen-bond acceptors (Lipinski definition) is 2. The molecule has 3 heteroatoms. The summed E-state index contributed by atoms with van der Waals surface area (Å²) in [5.41, 5.74) is 15.3. The molecule has 0 aliphatic rings. The molecule has 0 aliphatic carbocycles. The molecular formula is C54H36N2O. The lowest BCUT2D eigenvalue weighted by molar-refractivity contribution is 0.669. The highest BCUT2D eigenvalue weighted by Gasteiger charge is 2.26. The molecule has 9 aromatic carbocycles. The minimum absolute atomic E-state index is 0.852. The highest BCUT2D eigenvalue weighted by atomic mass is 16.3. The van der Waals surface area contributed by atoms with Crippen molar-refractivity contribution in [1.29, 1.82) is 0 Å². The van der Waals surface area contributed by atoms with Gasteiger partial charge in [-0.3, -0.25) is 0 Å². The Morgan fingerprint density at radius 1 is 0.333 bits per heavy atom. The normalized spacial score (nSPS) is 11.5. The summed E-state index contributed by atoms with van der Waals surface area (Å²) in [6.07, 6.45) is 0. The van der Waals surface area contributed by atoms with E-state index in [9.17, 15) is 0 Å². The van der Waals surface area contributed by atoms with Gasteiger partial charge in [-0.2, -0.15) is 0 Å². The van der Waals surface area contributed by atoms with Crippen LogP contribution in [0.3, 0.4) is 0 Å². The first-order chi connectivity index (χ1) is 28.3. The average Bonchev–Trinajstić information content (AvgIpc) is 3.84. The smallest absolute Gasteiger partial charge is 0.159 e. The largest absolute Gasteiger partial charge is 0.454 e. The van der Waals surface area contributed by atoms with E-state index in [2.05, 4.69) is 222 Å². The zero-order valence-corrected chi connectivity index (χ0v) is 31.1. The van der Waals surface area contributed by atoms with Gasteiger partial charge < -0.3 is 13.9 Å². The van der Waals surface area contributed by atoms with Gasteiger partial charge in [0.1, 0.15) is 5.58 Å². The average molecular weight is 729 g/mol. The fraction of sp³-hybridized carbons (Fsp3) is 0. The molecule has 0 atom stereocenters. The Labute approximate surface area is 330 Å². The molecule has 2 heterocycles. The van der Waals surface area contributed by atoms with Gasteiger partial charge in [-0.1, -0.05) is 176 Å². The van der Waals surface area contributed by atoms with E-state index in [0.29, 0.717) is 0 Å². The molecule has 0 radical (unpaired) electrons. The van der Waals surface area contributed by atoms with Crippen LogP contribution < -0.4 is 4.90 Å². The van der Waals surface area contributed by atoms with E-state index in [-0.39, 0.29) is 0 Å². The molecule has 2 aromatic heterocycles. The highest BCUT2D eigenvalue weighted by molar-refractivity contribution is 6.19. The minimum Gasteiger partial charge on any atom is -0.454 e. The van der Waals surface area contributed by atoms with Gasteiger partial charge in [0.05, 0.1) is 33.8 Å². The van der Waals surface area contributed by atoms with Crippen molar-refractivity contribution in [3.05, 3.63) is 218 Å². The molecule has 0 saturated heterocycles. The Hall–Kier alpha value is -7.62. The number of fused-ring (bicyclic) bond motifs is 6. The van der Waals surface area contributed by atoms with Crippen molar-refractivity contribution in [1.82, 2.24) is 4.57 Å². The van der Waals surface area contributed by atoms with Crippen molar-refractivity contribution >= 4 is 60.8 Å². The zero-order chi connectivity index (χ0) is 37.7. The quantitative estimate of drug-likeness (QED) is 0.163. The van der Waals surface area contributed by atoms with Gasteiger partial charge in [-0.05, 0) is 64.7 Å². The Morgan fingerprint density at radius 2 is 0.860 bits per heavy atom. The van der Waals surface area contributed by atoms with Gasteiger partial charge in [0.2, 0.25) is 0 Å². The van der Waals surface area contributed by atoms with Gasteiger partial charge in [0, 0.05) is 32.7 Å². The molecule has 0 bridgehead atoms. The monoisotopic (exact) mass is 728 g/mol. The summed E-state index contributed by atoms with van der Waals surface area (Å²) >= 11 is 0. The van der Waals surface area contributed by atoms with Crippen molar-refractivity contribution in [3.8, 4) is 39.1 Å². The maximum Gasteiger partial charge on any atom is 0.159 e. The molecule has 11 rings (SSSR count). The van der Waals surface area contributed by atoms with Crippen LogP contribution >= 0.6 is 0 Å². The molecule has 0 fully saturated rings. The second-order valence-corrected chi connectivity index (χ2v) is 14.4. The first kappa shape index (κ1) is 32.8. The third-order valence-electron chi connectivity index (χ3n) is 11.2. The molecule has 0 saturated carbocycles. The van der Waals surface area contributed by atoms with Crippen LogP contribution in [0.25, 0.3) is 82.8 Å². The van der Waals surface area contributed by atoms with E-state index in [0.717, 1.165) is 72.2 Å². The third kappa shape index (κ3) is 5.36. The number of rotatable bonds is 7. The van der Waals surface area contributed by atoms with Gasteiger partial charge in [0.25, 0.3) is 0 Å². The SMILES string of the molecule is c1ccc(-c2ccccc2-c2ccccc2-n2c3ccccc3c3c(N(c4ccccc4-c4ccccc4)c4cccc5c4oc4ccccc45)cccc32)cc1. The minimum atomic E-state index is 0.852. The first-order valence-corrected chi connectivity index (χ1v) is 19.4. The number of anilines is 3. The first-order valence-electron chi connectivity index (χ1n) is 19.4. The molecule has 57 heavy (non-hydrogen) atoms. The van der Waals surface area contributed by atoms with Crippen LogP contribution in [-0.2, 0) is 0 Å². The summed E-state index contributed by atoms with van der Waals surface area (Å²) in [6.45, 7) is 0. The van der Waals surface area contributed by atoms with Crippen molar-refractivity contribution in [3.63, 3.8) is 0 Å². The Morgan fingerprint density at radius 3 is 1.67 bits per heavy atom. The molecule has 3 nitrogen and oxygen atoms in total. The lowest BCUT2D eigenvalue weighted by Gasteiger charge is -2.28.